The number of carboxylic acids is 1. The smallest absolute Gasteiger partial charge is 0.435 e. The van der Waals surface area contributed by atoms with Crippen LogP contribution in [-0.4, -0.2) is 25.8 Å². The van der Waals surface area contributed by atoms with Gasteiger partial charge in [-0.3, -0.25) is 4.68 Å². The highest BCUT2D eigenvalue weighted by Crippen LogP contribution is 2.39. The Balaban J connectivity index is 2.68. The van der Waals surface area contributed by atoms with Gasteiger partial charge in [0.1, 0.15) is 9.88 Å². The summed E-state index contributed by atoms with van der Waals surface area (Å²) < 4.78 is 39.9. The molecule has 20 heavy (non-hydrogen) atoms. The summed E-state index contributed by atoms with van der Waals surface area (Å²) in [5.41, 5.74) is 0.203. The number of thiazole rings is 1. The number of halogens is 3. The molecule has 9 heteroatoms. The lowest BCUT2D eigenvalue weighted by Crippen LogP contribution is -2.11. The largest absolute Gasteiger partial charge is 0.477 e. The molecule has 0 fully saturated rings. The van der Waals surface area contributed by atoms with E-state index < -0.39 is 22.7 Å². The van der Waals surface area contributed by atoms with Gasteiger partial charge >= 0.3 is 12.1 Å². The summed E-state index contributed by atoms with van der Waals surface area (Å²) in [6.45, 7) is 3.32. The Bertz CT molecular complexity index is 688. The van der Waals surface area contributed by atoms with E-state index in [9.17, 15) is 18.0 Å². The van der Waals surface area contributed by atoms with Crippen LogP contribution in [-0.2, 0) is 13.2 Å². The van der Waals surface area contributed by atoms with Crippen molar-refractivity contribution in [1.29, 1.82) is 0 Å². The van der Waals surface area contributed by atoms with Crippen molar-refractivity contribution in [2.45, 2.75) is 20.0 Å². The van der Waals surface area contributed by atoms with Crippen LogP contribution in [0, 0.1) is 13.8 Å². The number of aromatic carboxylic acids is 1. The van der Waals surface area contributed by atoms with E-state index in [0.29, 0.717) is 28.3 Å². The highest BCUT2D eigenvalue weighted by molar-refractivity contribution is 7.17. The standard InChI is InChI=1S/C11H10F3N3O2S/c1-4-6(5(2)17(3)16-4)9-15-8(11(12,13)14)7(20-9)10(18)19/h1-3H3,(H,18,19). The summed E-state index contributed by atoms with van der Waals surface area (Å²) in [6.07, 6.45) is -4.80. The molecule has 0 aliphatic heterocycles. The Kier molecular flexibility index (Phi) is 3.32. The monoisotopic (exact) mass is 305 g/mol. The molecule has 2 aromatic rings. The van der Waals surface area contributed by atoms with E-state index in [2.05, 4.69) is 10.1 Å². The van der Waals surface area contributed by atoms with Gasteiger partial charge in [0.15, 0.2) is 5.69 Å². The van der Waals surface area contributed by atoms with E-state index in [1.54, 1.807) is 20.9 Å². The molecule has 5 nitrogen and oxygen atoms in total. The summed E-state index contributed by atoms with van der Waals surface area (Å²) in [5, 5.41) is 13.0. The second-order valence-corrected chi connectivity index (χ2v) is 5.17. The van der Waals surface area contributed by atoms with Crippen molar-refractivity contribution in [3.63, 3.8) is 0 Å². The van der Waals surface area contributed by atoms with Crippen LogP contribution in [0.1, 0.15) is 26.8 Å². The zero-order valence-electron chi connectivity index (χ0n) is 10.7. The molecule has 0 atom stereocenters. The molecule has 108 valence electrons. The van der Waals surface area contributed by atoms with Gasteiger partial charge < -0.3 is 5.11 Å². The number of hydrogen-bond acceptors (Lipinski definition) is 4. The van der Waals surface area contributed by atoms with E-state index in [0.717, 1.165) is 0 Å². The van der Waals surface area contributed by atoms with Crippen LogP contribution in [0.2, 0.25) is 0 Å². The molecule has 0 radical (unpaired) electrons. The van der Waals surface area contributed by atoms with E-state index in [1.807, 2.05) is 0 Å². The summed E-state index contributed by atoms with van der Waals surface area (Å²) >= 11 is 0.505. The molecule has 0 spiro atoms. The zero-order chi connectivity index (χ0) is 15.2. The lowest BCUT2D eigenvalue weighted by Gasteiger charge is -2.02. The van der Waals surface area contributed by atoms with Crippen LogP contribution in [0.25, 0.3) is 10.6 Å². The second kappa shape index (κ2) is 4.58. The first-order valence-electron chi connectivity index (χ1n) is 5.44. The van der Waals surface area contributed by atoms with Crippen LogP contribution in [0.4, 0.5) is 13.2 Å². The molecule has 0 aromatic carbocycles. The lowest BCUT2D eigenvalue weighted by atomic mass is 10.2. The van der Waals surface area contributed by atoms with E-state index in [-0.39, 0.29) is 5.01 Å². The van der Waals surface area contributed by atoms with Crippen molar-refractivity contribution in [1.82, 2.24) is 14.8 Å². The maximum atomic E-state index is 12.8. The number of carboxylic acid groups (broad SMARTS) is 1. The van der Waals surface area contributed by atoms with Crippen molar-refractivity contribution in [2.75, 3.05) is 0 Å². The molecule has 0 amide bonds. The molecule has 2 aromatic heterocycles. The number of alkyl halides is 3. The third-order valence-electron chi connectivity index (χ3n) is 2.81. The first kappa shape index (κ1) is 14.5. The first-order valence-corrected chi connectivity index (χ1v) is 6.26. The number of hydrogen-bond donors (Lipinski definition) is 1. The predicted octanol–water partition coefficient (Wildman–Crippen LogP) is 2.88. The predicted molar refractivity (Wildman–Crippen MR) is 65.8 cm³/mol. The Morgan fingerprint density at radius 3 is 2.30 bits per heavy atom. The van der Waals surface area contributed by atoms with Crippen LogP contribution in [0.3, 0.4) is 0 Å². The second-order valence-electron chi connectivity index (χ2n) is 4.17. The third-order valence-corrected chi connectivity index (χ3v) is 3.87. The Morgan fingerprint density at radius 2 is 1.95 bits per heavy atom. The van der Waals surface area contributed by atoms with Gasteiger partial charge in [0.05, 0.1) is 11.3 Å². The average molecular weight is 305 g/mol. The first-order chi connectivity index (χ1) is 9.12. The molecule has 0 saturated carbocycles. The van der Waals surface area contributed by atoms with Gasteiger partial charge in [-0.25, -0.2) is 9.78 Å². The Hall–Kier alpha value is -1.90. The van der Waals surface area contributed by atoms with Crippen molar-refractivity contribution in [3.8, 4) is 10.6 Å². The van der Waals surface area contributed by atoms with Gasteiger partial charge in [-0.05, 0) is 13.8 Å². The van der Waals surface area contributed by atoms with Gasteiger partial charge in [0.25, 0.3) is 0 Å². The minimum atomic E-state index is -4.80. The quantitative estimate of drug-likeness (QED) is 0.926. The maximum absolute atomic E-state index is 12.8. The van der Waals surface area contributed by atoms with Crippen molar-refractivity contribution in [3.05, 3.63) is 22.0 Å². The number of nitrogens with zero attached hydrogens (tertiary/aromatic N) is 3. The van der Waals surface area contributed by atoms with Crippen molar-refractivity contribution in [2.24, 2.45) is 7.05 Å². The molecule has 0 aliphatic rings. The van der Waals surface area contributed by atoms with Gasteiger partial charge in [-0.1, -0.05) is 0 Å². The fourth-order valence-electron chi connectivity index (χ4n) is 1.85. The van der Waals surface area contributed by atoms with Crippen molar-refractivity contribution >= 4 is 17.3 Å². The Labute approximate surface area is 115 Å². The van der Waals surface area contributed by atoms with Crippen LogP contribution in [0.5, 0.6) is 0 Å². The summed E-state index contributed by atoms with van der Waals surface area (Å²) in [5.74, 6) is -1.64. The number of aryl methyl sites for hydroxylation is 2. The molecule has 2 rings (SSSR count). The average Bonchev–Trinajstić information content (AvgIpc) is 2.82. The van der Waals surface area contributed by atoms with E-state index >= 15 is 0 Å². The topological polar surface area (TPSA) is 68.0 Å². The number of aromatic nitrogens is 3. The van der Waals surface area contributed by atoms with Crippen molar-refractivity contribution < 1.29 is 23.1 Å². The maximum Gasteiger partial charge on any atom is 0.435 e. The normalized spacial score (nSPS) is 11.9. The highest BCUT2D eigenvalue weighted by atomic mass is 32.1. The number of rotatable bonds is 2. The fourth-order valence-corrected chi connectivity index (χ4v) is 2.92. The highest BCUT2D eigenvalue weighted by Gasteiger charge is 2.40. The molecule has 0 aliphatic carbocycles. The van der Waals surface area contributed by atoms with Gasteiger partial charge in [-0.15, -0.1) is 11.3 Å². The minimum absolute atomic E-state index is 0.0119. The zero-order valence-corrected chi connectivity index (χ0v) is 11.6. The lowest BCUT2D eigenvalue weighted by molar-refractivity contribution is -0.141. The van der Waals surface area contributed by atoms with Crippen LogP contribution >= 0.6 is 11.3 Å². The molecule has 0 saturated heterocycles. The fraction of sp³-hybridized carbons (Fsp3) is 0.364. The Morgan fingerprint density at radius 1 is 1.35 bits per heavy atom. The summed E-state index contributed by atoms with van der Waals surface area (Å²) in [6, 6.07) is 0. The molecular weight excluding hydrogens is 295 g/mol. The molecule has 1 N–H and O–H groups in total. The SMILES string of the molecule is Cc1nn(C)c(C)c1-c1nc(C(F)(F)F)c(C(=O)O)s1. The summed E-state index contributed by atoms with van der Waals surface area (Å²) in [7, 11) is 1.65. The third kappa shape index (κ3) is 2.28. The molecule has 0 unspecified atom stereocenters. The van der Waals surface area contributed by atoms with Gasteiger partial charge in [-0.2, -0.15) is 18.3 Å². The van der Waals surface area contributed by atoms with Crippen LogP contribution < -0.4 is 0 Å². The summed E-state index contributed by atoms with van der Waals surface area (Å²) in [4.78, 5) is 13.6. The molecular formula is C11H10F3N3O2S. The molecule has 0 bridgehead atoms. The minimum Gasteiger partial charge on any atom is -0.477 e. The van der Waals surface area contributed by atoms with Crippen LogP contribution in [0.15, 0.2) is 0 Å². The molecule has 2 heterocycles. The number of carbonyl (C=O) groups is 1. The van der Waals surface area contributed by atoms with E-state index in [1.165, 1.54) is 4.68 Å². The van der Waals surface area contributed by atoms with Gasteiger partial charge in [0, 0.05) is 12.7 Å². The van der Waals surface area contributed by atoms with E-state index in [4.69, 9.17) is 5.11 Å². The van der Waals surface area contributed by atoms with Gasteiger partial charge in [0.2, 0.25) is 0 Å².